The van der Waals surface area contributed by atoms with E-state index >= 15 is 0 Å². The van der Waals surface area contributed by atoms with Crippen molar-refractivity contribution in [1.29, 1.82) is 0 Å². The lowest BCUT2D eigenvalue weighted by Gasteiger charge is -2.04. The van der Waals surface area contributed by atoms with E-state index in [0.29, 0.717) is 5.02 Å². The Bertz CT molecular complexity index is 993. The number of aromatic nitrogens is 2. The fourth-order valence-electron chi connectivity index (χ4n) is 2.09. The molecule has 0 radical (unpaired) electrons. The summed E-state index contributed by atoms with van der Waals surface area (Å²) in [4.78, 5) is 38.0. The molecular weight excluding hydrogens is 340 g/mol. The van der Waals surface area contributed by atoms with Crippen molar-refractivity contribution < 1.29 is 14.1 Å². The second-order valence-corrected chi connectivity index (χ2v) is 5.21. The van der Waals surface area contributed by atoms with Gasteiger partial charge in [-0.05, 0) is 18.2 Å². The van der Waals surface area contributed by atoms with Crippen LogP contribution in [0.4, 0.5) is 11.5 Å². The van der Waals surface area contributed by atoms with Crippen LogP contribution in [-0.2, 0) is 11.3 Å². The minimum absolute atomic E-state index is 0.0339. The normalized spacial score (nSPS) is 10.7. The van der Waals surface area contributed by atoms with Crippen LogP contribution in [0.1, 0.15) is 0 Å². The Balaban J connectivity index is 1.85. The predicted molar refractivity (Wildman–Crippen MR) is 85.0 cm³/mol. The van der Waals surface area contributed by atoms with E-state index in [-0.39, 0.29) is 29.1 Å². The number of anilines is 1. The van der Waals surface area contributed by atoms with Gasteiger partial charge in [0.05, 0.1) is 21.5 Å². The molecule has 3 aromatic rings. The van der Waals surface area contributed by atoms with Crippen molar-refractivity contribution in [2.75, 3.05) is 5.32 Å². The van der Waals surface area contributed by atoms with Crippen LogP contribution in [0.15, 0.2) is 45.7 Å². The summed E-state index contributed by atoms with van der Waals surface area (Å²) in [6.45, 7) is -0.325. The largest absolute Gasteiger partial charge is 0.420 e. The third-order valence-corrected chi connectivity index (χ3v) is 3.38. The summed E-state index contributed by atoms with van der Waals surface area (Å²) in [7, 11) is 0. The minimum Gasteiger partial charge on any atom is -0.407 e. The number of benzene rings is 1. The molecule has 2 aromatic heterocycles. The summed E-state index contributed by atoms with van der Waals surface area (Å²) in [5.74, 6) is -1.02. The highest BCUT2D eigenvalue weighted by Crippen LogP contribution is 2.20. The number of fused-ring (bicyclic) bond motifs is 1. The van der Waals surface area contributed by atoms with E-state index < -0.39 is 16.6 Å². The third-order valence-electron chi connectivity index (χ3n) is 3.16. The SMILES string of the molecule is O=C(Cn1c(=O)oc2cc([N+](=O)[O-])ccc21)Nc1ccc(Cl)cn1. The summed E-state index contributed by atoms with van der Waals surface area (Å²) in [5, 5.41) is 13.7. The number of carbonyl (C=O) groups excluding carboxylic acids is 1. The van der Waals surface area contributed by atoms with Gasteiger partial charge in [0, 0.05) is 12.3 Å². The molecule has 1 aromatic carbocycles. The molecule has 1 amide bonds. The number of pyridine rings is 1. The molecule has 24 heavy (non-hydrogen) atoms. The van der Waals surface area contributed by atoms with Gasteiger partial charge >= 0.3 is 5.76 Å². The molecule has 0 spiro atoms. The summed E-state index contributed by atoms with van der Waals surface area (Å²) < 4.78 is 6.02. The number of hydrogen-bond acceptors (Lipinski definition) is 6. The Morgan fingerprint density at radius 3 is 2.83 bits per heavy atom. The molecule has 3 rings (SSSR count). The molecule has 2 heterocycles. The van der Waals surface area contributed by atoms with E-state index in [2.05, 4.69) is 10.3 Å². The first-order valence-electron chi connectivity index (χ1n) is 6.63. The molecule has 0 unspecified atom stereocenters. The number of amides is 1. The molecule has 0 atom stereocenters. The summed E-state index contributed by atoms with van der Waals surface area (Å²) in [5.41, 5.74) is 0.106. The maximum absolute atomic E-state index is 12.0. The lowest BCUT2D eigenvalue weighted by atomic mass is 10.3. The quantitative estimate of drug-likeness (QED) is 0.570. The van der Waals surface area contributed by atoms with E-state index in [1.165, 1.54) is 24.4 Å². The van der Waals surface area contributed by atoms with E-state index in [9.17, 15) is 19.7 Å². The molecule has 0 saturated heterocycles. The van der Waals surface area contributed by atoms with Gasteiger partial charge in [-0.3, -0.25) is 19.5 Å². The van der Waals surface area contributed by atoms with Crippen LogP contribution in [0.5, 0.6) is 0 Å². The maximum atomic E-state index is 12.0. The van der Waals surface area contributed by atoms with Gasteiger partial charge in [0.2, 0.25) is 5.91 Å². The molecular formula is C14H9ClN4O5. The van der Waals surface area contributed by atoms with Crippen LogP contribution in [-0.4, -0.2) is 20.4 Å². The second kappa shape index (κ2) is 6.13. The van der Waals surface area contributed by atoms with Gasteiger partial charge in [0.15, 0.2) is 5.58 Å². The number of carbonyl (C=O) groups is 1. The molecule has 0 saturated carbocycles. The Morgan fingerprint density at radius 1 is 1.38 bits per heavy atom. The molecule has 10 heteroatoms. The van der Waals surface area contributed by atoms with Crippen molar-refractivity contribution in [2.45, 2.75) is 6.54 Å². The van der Waals surface area contributed by atoms with Gasteiger partial charge in [-0.15, -0.1) is 0 Å². The molecule has 0 bridgehead atoms. The predicted octanol–water partition coefficient (Wildman–Crippen LogP) is 2.19. The lowest BCUT2D eigenvalue weighted by Crippen LogP contribution is -2.25. The topological polar surface area (TPSA) is 120 Å². The van der Waals surface area contributed by atoms with Crippen LogP contribution >= 0.6 is 11.6 Å². The Hall–Kier alpha value is -3.20. The van der Waals surface area contributed by atoms with Gasteiger partial charge < -0.3 is 9.73 Å². The molecule has 9 nitrogen and oxygen atoms in total. The van der Waals surface area contributed by atoms with Crippen molar-refractivity contribution in [3.63, 3.8) is 0 Å². The number of non-ortho nitro benzene ring substituents is 1. The molecule has 0 aliphatic heterocycles. The van der Waals surface area contributed by atoms with Gasteiger partial charge in [0.1, 0.15) is 12.4 Å². The maximum Gasteiger partial charge on any atom is 0.420 e. The first-order chi connectivity index (χ1) is 11.4. The summed E-state index contributed by atoms with van der Waals surface area (Å²) >= 11 is 5.70. The number of hydrogen-bond donors (Lipinski definition) is 1. The minimum atomic E-state index is -0.787. The molecule has 0 aliphatic rings. The Kier molecular flexibility index (Phi) is 4.00. The highest BCUT2D eigenvalue weighted by molar-refractivity contribution is 6.30. The van der Waals surface area contributed by atoms with Gasteiger partial charge in [-0.25, -0.2) is 9.78 Å². The number of nitro benzene ring substituents is 1. The van der Waals surface area contributed by atoms with Crippen molar-refractivity contribution in [2.24, 2.45) is 0 Å². The number of nitrogens with one attached hydrogen (secondary N) is 1. The van der Waals surface area contributed by atoms with E-state index in [4.69, 9.17) is 16.0 Å². The number of nitro groups is 1. The van der Waals surface area contributed by atoms with E-state index in [0.717, 1.165) is 10.6 Å². The lowest BCUT2D eigenvalue weighted by molar-refractivity contribution is -0.384. The van der Waals surface area contributed by atoms with E-state index in [1.54, 1.807) is 6.07 Å². The smallest absolute Gasteiger partial charge is 0.407 e. The highest BCUT2D eigenvalue weighted by atomic mass is 35.5. The first-order valence-corrected chi connectivity index (χ1v) is 7.01. The van der Waals surface area contributed by atoms with Crippen LogP contribution in [0.25, 0.3) is 11.1 Å². The standard InChI is InChI=1S/C14H9ClN4O5/c15-8-1-4-12(16-6-8)17-13(20)7-18-10-3-2-9(19(22)23)5-11(10)24-14(18)21/h1-6H,7H2,(H,16,17,20). The molecule has 0 fully saturated rings. The van der Waals surface area contributed by atoms with Crippen molar-refractivity contribution in [3.8, 4) is 0 Å². The second-order valence-electron chi connectivity index (χ2n) is 4.77. The third kappa shape index (κ3) is 3.10. The number of oxazole rings is 1. The van der Waals surface area contributed by atoms with E-state index in [1.807, 2.05) is 0 Å². The average Bonchev–Trinajstić information content (AvgIpc) is 2.84. The van der Waals surface area contributed by atoms with Gasteiger partial charge in [0.25, 0.3) is 5.69 Å². The Morgan fingerprint density at radius 2 is 2.17 bits per heavy atom. The zero-order chi connectivity index (χ0) is 17.3. The van der Waals surface area contributed by atoms with Crippen LogP contribution < -0.4 is 11.1 Å². The number of nitrogens with zero attached hydrogens (tertiary/aromatic N) is 3. The highest BCUT2D eigenvalue weighted by Gasteiger charge is 2.16. The average molecular weight is 349 g/mol. The van der Waals surface area contributed by atoms with Crippen LogP contribution in [0.2, 0.25) is 5.02 Å². The van der Waals surface area contributed by atoms with Crippen molar-refractivity contribution >= 4 is 40.1 Å². The molecule has 0 aliphatic carbocycles. The van der Waals surface area contributed by atoms with Gasteiger partial charge in [-0.1, -0.05) is 11.6 Å². The summed E-state index contributed by atoms with van der Waals surface area (Å²) in [6.07, 6.45) is 1.37. The molecule has 1 N–H and O–H groups in total. The van der Waals surface area contributed by atoms with Crippen LogP contribution in [0.3, 0.4) is 0 Å². The van der Waals surface area contributed by atoms with Crippen LogP contribution in [0, 0.1) is 10.1 Å². The van der Waals surface area contributed by atoms with Crippen molar-refractivity contribution in [3.05, 3.63) is 62.2 Å². The summed E-state index contributed by atoms with van der Waals surface area (Å²) in [6, 6.07) is 6.78. The monoisotopic (exact) mass is 348 g/mol. The zero-order valence-corrected chi connectivity index (χ0v) is 12.7. The fourth-order valence-corrected chi connectivity index (χ4v) is 2.21. The fraction of sp³-hybridized carbons (Fsp3) is 0.0714. The first kappa shape index (κ1) is 15.7. The van der Waals surface area contributed by atoms with Gasteiger partial charge in [-0.2, -0.15) is 0 Å². The number of rotatable bonds is 4. The Labute approximate surface area is 138 Å². The van der Waals surface area contributed by atoms with Crippen molar-refractivity contribution in [1.82, 2.24) is 9.55 Å². The zero-order valence-electron chi connectivity index (χ0n) is 11.9. The molecule has 122 valence electrons. The number of halogens is 1.